The molecule has 0 saturated carbocycles. The highest BCUT2D eigenvalue weighted by atomic mass is 35.5. The fourth-order valence-corrected chi connectivity index (χ4v) is 1.32. The van der Waals surface area contributed by atoms with Crippen molar-refractivity contribution in [2.45, 2.75) is 0 Å². The Bertz CT molecular complexity index is 411. The molecular weight excluding hydrogens is 214 g/mol. The predicted molar refractivity (Wildman–Crippen MR) is 61.1 cm³/mol. The van der Waals surface area contributed by atoms with E-state index in [-0.39, 0.29) is 0 Å². The summed E-state index contributed by atoms with van der Waals surface area (Å²) in [5.74, 6) is 0.642. The van der Waals surface area contributed by atoms with E-state index in [9.17, 15) is 0 Å². The van der Waals surface area contributed by atoms with E-state index in [0.29, 0.717) is 17.3 Å². The van der Waals surface area contributed by atoms with Crippen molar-refractivity contribution in [2.24, 2.45) is 5.11 Å². The molecule has 0 heterocycles. The summed E-state index contributed by atoms with van der Waals surface area (Å²) in [5, 5.41) is 3.94. The molecule has 0 amide bonds. The summed E-state index contributed by atoms with van der Waals surface area (Å²) >= 11 is 5.93. The second-order valence-corrected chi connectivity index (χ2v) is 3.12. The van der Waals surface area contributed by atoms with Gasteiger partial charge in [0.2, 0.25) is 0 Å². The van der Waals surface area contributed by atoms with Crippen molar-refractivity contribution >= 4 is 17.7 Å². The highest BCUT2D eigenvalue weighted by Gasteiger charge is 1.98. The molecule has 0 saturated heterocycles. The van der Waals surface area contributed by atoms with Crippen LogP contribution in [0.25, 0.3) is 16.5 Å². The Labute approximate surface area is 92.8 Å². The molecule has 0 aliphatic carbocycles. The summed E-state index contributed by atoms with van der Waals surface area (Å²) in [4.78, 5) is 2.64. The topological polar surface area (TPSA) is 58.0 Å². The number of azide groups is 1. The fraction of sp³-hybridized carbons (Fsp3) is 0.200. The van der Waals surface area contributed by atoms with Crippen LogP contribution in [0.15, 0.2) is 29.4 Å². The fourth-order valence-electron chi connectivity index (χ4n) is 1.06. The Balaban J connectivity index is 2.75. The van der Waals surface area contributed by atoms with Gasteiger partial charge in [0.1, 0.15) is 5.75 Å². The van der Waals surface area contributed by atoms with Gasteiger partial charge in [-0.1, -0.05) is 34.9 Å². The SMILES string of the molecule is COc1ccc(C=CCN=[N+]=[N-])cc1Cl. The third-order valence-electron chi connectivity index (χ3n) is 1.74. The Kier molecular flexibility index (Phi) is 4.54. The van der Waals surface area contributed by atoms with Gasteiger partial charge >= 0.3 is 0 Å². The van der Waals surface area contributed by atoms with E-state index in [1.165, 1.54) is 0 Å². The first kappa shape index (κ1) is 11.4. The number of halogens is 1. The van der Waals surface area contributed by atoms with E-state index in [2.05, 4.69) is 10.0 Å². The molecule has 0 aliphatic rings. The quantitative estimate of drug-likeness (QED) is 0.436. The van der Waals surface area contributed by atoms with Gasteiger partial charge in [-0.2, -0.15) is 0 Å². The second-order valence-electron chi connectivity index (χ2n) is 2.71. The molecule has 78 valence electrons. The van der Waals surface area contributed by atoms with Gasteiger partial charge in [0.15, 0.2) is 0 Å². The molecule has 15 heavy (non-hydrogen) atoms. The van der Waals surface area contributed by atoms with Crippen LogP contribution < -0.4 is 4.74 Å². The van der Waals surface area contributed by atoms with E-state index in [4.69, 9.17) is 21.9 Å². The van der Waals surface area contributed by atoms with Crippen LogP contribution in [-0.2, 0) is 0 Å². The Morgan fingerprint density at radius 2 is 2.40 bits per heavy atom. The summed E-state index contributed by atoms with van der Waals surface area (Å²) in [6, 6.07) is 5.44. The Morgan fingerprint density at radius 3 is 3.00 bits per heavy atom. The molecule has 0 N–H and O–H groups in total. The summed E-state index contributed by atoms with van der Waals surface area (Å²) in [6.07, 6.45) is 3.60. The second kappa shape index (κ2) is 5.96. The van der Waals surface area contributed by atoms with Gasteiger partial charge in [-0.25, -0.2) is 0 Å². The summed E-state index contributed by atoms with van der Waals surface area (Å²) in [7, 11) is 1.57. The van der Waals surface area contributed by atoms with Gasteiger partial charge in [0.05, 0.1) is 12.1 Å². The molecule has 1 rings (SSSR count). The lowest BCUT2D eigenvalue weighted by atomic mass is 10.2. The van der Waals surface area contributed by atoms with Gasteiger partial charge < -0.3 is 4.74 Å². The van der Waals surface area contributed by atoms with Crippen molar-refractivity contribution in [2.75, 3.05) is 13.7 Å². The predicted octanol–water partition coefficient (Wildman–Crippen LogP) is 3.67. The molecule has 1 aromatic carbocycles. The van der Waals surface area contributed by atoms with Crippen molar-refractivity contribution in [3.63, 3.8) is 0 Å². The minimum Gasteiger partial charge on any atom is -0.495 e. The number of methoxy groups -OCH3 is 1. The first-order chi connectivity index (χ1) is 7.27. The molecule has 0 atom stereocenters. The molecule has 0 aliphatic heterocycles. The molecule has 1 aromatic rings. The van der Waals surface area contributed by atoms with Crippen molar-refractivity contribution in [3.05, 3.63) is 45.3 Å². The minimum atomic E-state index is 0.333. The van der Waals surface area contributed by atoms with Crippen LogP contribution in [0, 0.1) is 0 Å². The van der Waals surface area contributed by atoms with E-state index in [0.717, 1.165) is 5.56 Å². The maximum Gasteiger partial charge on any atom is 0.137 e. The lowest BCUT2D eigenvalue weighted by molar-refractivity contribution is 0.415. The number of benzene rings is 1. The standard InChI is InChI=1S/C10H10ClN3O/c1-15-10-5-4-8(7-9(10)11)3-2-6-13-14-12/h2-5,7H,6H2,1H3. The molecule has 0 radical (unpaired) electrons. The molecule has 5 heteroatoms. The number of nitrogens with zero attached hydrogens (tertiary/aromatic N) is 3. The number of ether oxygens (including phenoxy) is 1. The lowest BCUT2D eigenvalue weighted by Crippen LogP contribution is -1.84. The first-order valence-electron chi connectivity index (χ1n) is 4.29. The monoisotopic (exact) mass is 223 g/mol. The van der Waals surface area contributed by atoms with Crippen LogP contribution in [0.1, 0.15) is 5.56 Å². The van der Waals surface area contributed by atoms with Gasteiger partial charge in [0.25, 0.3) is 0 Å². The lowest BCUT2D eigenvalue weighted by Gasteiger charge is -2.02. The van der Waals surface area contributed by atoms with Crippen LogP contribution in [0.2, 0.25) is 5.02 Å². The normalized spacial score (nSPS) is 10.0. The zero-order valence-corrected chi connectivity index (χ0v) is 8.98. The third kappa shape index (κ3) is 3.54. The smallest absolute Gasteiger partial charge is 0.137 e. The van der Waals surface area contributed by atoms with Gasteiger partial charge in [-0.15, -0.1) is 0 Å². The number of hydrogen-bond acceptors (Lipinski definition) is 2. The molecule has 4 nitrogen and oxygen atoms in total. The number of rotatable bonds is 4. The average molecular weight is 224 g/mol. The minimum absolute atomic E-state index is 0.333. The summed E-state index contributed by atoms with van der Waals surface area (Å²) in [5.41, 5.74) is 9.00. The van der Waals surface area contributed by atoms with E-state index >= 15 is 0 Å². The Morgan fingerprint density at radius 1 is 1.60 bits per heavy atom. The third-order valence-corrected chi connectivity index (χ3v) is 2.03. The highest BCUT2D eigenvalue weighted by molar-refractivity contribution is 6.32. The molecule has 0 bridgehead atoms. The van der Waals surface area contributed by atoms with Crippen LogP contribution in [0.5, 0.6) is 5.75 Å². The average Bonchev–Trinajstić information content (AvgIpc) is 2.25. The maximum absolute atomic E-state index is 8.06. The molecule has 0 aromatic heterocycles. The van der Waals surface area contributed by atoms with Crippen molar-refractivity contribution in [1.29, 1.82) is 0 Å². The number of hydrogen-bond donors (Lipinski definition) is 0. The molecule has 0 unspecified atom stereocenters. The van der Waals surface area contributed by atoms with E-state index < -0.39 is 0 Å². The van der Waals surface area contributed by atoms with E-state index in [1.807, 2.05) is 12.1 Å². The zero-order chi connectivity index (χ0) is 11.1. The van der Waals surface area contributed by atoms with Gasteiger partial charge in [-0.05, 0) is 23.2 Å². The molecular formula is C10H10ClN3O. The van der Waals surface area contributed by atoms with Crippen molar-refractivity contribution in [3.8, 4) is 5.75 Å². The van der Waals surface area contributed by atoms with Gasteiger partial charge in [0, 0.05) is 11.5 Å². The van der Waals surface area contributed by atoms with Crippen LogP contribution >= 0.6 is 11.6 Å². The molecule has 0 fully saturated rings. The highest BCUT2D eigenvalue weighted by Crippen LogP contribution is 2.25. The summed E-state index contributed by atoms with van der Waals surface area (Å²) < 4.78 is 5.02. The van der Waals surface area contributed by atoms with Gasteiger partial charge in [-0.3, -0.25) is 0 Å². The largest absolute Gasteiger partial charge is 0.495 e. The van der Waals surface area contributed by atoms with Crippen molar-refractivity contribution in [1.82, 2.24) is 0 Å². The summed E-state index contributed by atoms with van der Waals surface area (Å²) in [6.45, 7) is 0.333. The molecule has 0 spiro atoms. The Hall–Kier alpha value is -1.64. The maximum atomic E-state index is 8.06. The van der Waals surface area contributed by atoms with Crippen molar-refractivity contribution < 1.29 is 4.74 Å². The van der Waals surface area contributed by atoms with Crippen LogP contribution in [0.4, 0.5) is 0 Å². The van der Waals surface area contributed by atoms with Crippen LogP contribution in [-0.4, -0.2) is 13.7 Å². The first-order valence-corrected chi connectivity index (χ1v) is 4.66. The van der Waals surface area contributed by atoms with E-state index in [1.54, 1.807) is 25.3 Å². The zero-order valence-electron chi connectivity index (χ0n) is 8.22. The van der Waals surface area contributed by atoms with Crippen LogP contribution in [0.3, 0.4) is 0 Å².